The fraction of sp³-hybridized carbons (Fsp3) is 0.478. The molecule has 0 saturated carbocycles. The van der Waals surface area contributed by atoms with Gasteiger partial charge in [-0.2, -0.15) is 0 Å². The van der Waals surface area contributed by atoms with E-state index in [2.05, 4.69) is 38.8 Å². The summed E-state index contributed by atoms with van der Waals surface area (Å²) in [6, 6.07) is 20.2. The second-order valence-electron chi connectivity index (χ2n) is 9.12. The molecule has 2 aromatic carbocycles. The van der Waals surface area contributed by atoms with Gasteiger partial charge in [0.15, 0.2) is 8.32 Å². The molecule has 27 heavy (non-hydrogen) atoms. The number of hydrogen-bond acceptors (Lipinski definition) is 3. The smallest absolute Gasteiger partial charge is 0.192 e. The Balaban J connectivity index is 1.72. The predicted molar refractivity (Wildman–Crippen MR) is 114 cm³/mol. The van der Waals surface area contributed by atoms with Crippen LogP contribution in [0, 0.1) is 0 Å². The van der Waals surface area contributed by atoms with E-state index in [0.29, 0.717) is 0 Å². The zero-order chi connectivity index (χ0) is 19.7. The minimum atomic E-state index is -1.73. The van der Waals surface area contributed by atoms with Crippen molar-refractivity contribution < 1.29 is 9.53 Å². The van der Waals surface area contributed by atoms with E-state index < -0.39 is 13.9 Å². The fourth-order valence-electron chi connectivity index (χ4n) is 3.39. The molecule has 4 heteroatoms. The number of aliphatic hydroxyl groups is 1. The van der Waals surface area contributed by atoms with Crippen LogP contribution in [0.4, 0.5) is 0 Å². The van der Waals surface area contributed by atoms with Crippen LogP contribution in [0.15, 0.2) is 60.7 Å². The minimum Gasteiger partial charge on any atom is -0.416 e. The first-order valence-corrected chi connectivity index (χ1v) is 12.8. The highest BCUT2D eigenvalue weighted by molar-refractivity contribution is 6.74. The van der Waals surface area contributed by atoms with Crippen LogP contribution in [-0.4, -0.2) is 44.1 Å². The second-order valence-corrected chi connectivity index (χ2v) is 13.9. The molecule has 146 valence electrons. The van der Waals surface area contributed by atoms with E-state index in [-0.39, 0.29) is 11.1 Å². The summed E-state index contributed by atoms with van der Waals surface area (Å²) in [6.45, 7) is 13.9. The van der Waals surface area contributed by atoms with Gasteiger partial charge >= 0.3 is 0 Å². The lowest BCUT2D eigenvalue weighted by atomic mass is 9.83. The molecule has 1 heterocycles. The molecule has 0 bridgehead atoms. The van der Waals surface area contributed by atoms with Crippen molar-refractivity contribution in [2.75, 3.05) is 19.7 Å². The minimum absolute atomic E-state index is 0.0883. The van der Waals surface area contributed by atoms with Crippen molar-refractivity contribution in [3.8, 4) is 0 Å². The molecule has 1 unspecified atom stereocenters. The summed E-state index contributed by atoms with van der Waals surface area (Å²) in [5.41, 5.74) is 0.919. The first-order valence-electron chi connectivity index (χ1n) is 9.88. The molecule has 1 aliphatic heterocycles. The maximum Gasteiger partial charge on any atom is 0.192 e. The molecule has 2 aromatic rings. The maximum absolute atomic E-state index is 11.8. The topological polar surface area (TPSA) is 32.5 Å². The highest BCUT2D eigenvalue weighted by atomic mass is 28.4. The lowest BCUT2D eigenvalue weighted by Crippen LogP contribution is -2.42. The Labute approximate surface area is 165 Å². The summed E-state index contributed by atoms with van der Waals surface area (Å²) in [4.78, 5) is 2.33. The van der Waals surface area contributed by atoms with Gasteiger partial charge in [0.2, 0.25) is 0 Å². The largest absolute Gasteiger partial charge is 0.416 e. The molecule has 3 rings (SSSR count). The normalized spacial score (nSPS) is 20.5. The zero-order valence-corrected chi connectivity index (χ0v) is 18.3. The third-order valence-corrected chi connectivity index (χ3v) is 10.8. The van der Waals surface area contributed by atoms with Gasteiger partial charge in [0.25, 0.3) is 0 Å². The summed E-state index contributed by atoms with van der Waals surface area (Å²) in [5, 5.41) is 12.0. The van der Waals surface area contributed by atoms with Gasteiger partial charge in [-0.3, -0.25) is 4.90 Å². The highest BCUT2D eigenvalue weighted by Crippen LogP contribution is 2.42. The Morgan fingerprint density at radius 2 is 1.44 bits per heavy atom. The number of benzene rings is 2. The Hall–Kier alpha value is -1.46. The van der Waals surface area contributed by atoms with Crippen molar-refractivity contribution in [3.05, 3.63) is 71.8 Å². The lowest BCUT2D eigenvalue weighted by Gasteiger charge is -2.36. The van der Waals surface area contributed by atoms with Gasteiger partial charge in [-0.15, -0.1) is 0 Å². The molecule has 2 atom stereocenters. The average molecular weight is 384 g/mol. The standard InChI is InChI=1S/C23H33NO2Si/c1-22(2,3)27(4,5)26-17-16-24-18-21(24)23(25,19-12-8-6-9-13-19)20-14-10-7-11-15-20/h6-15,21,25H,16-18H2,1-5H3/t21-,24?/m0/s1. The van der Waals surface area contributed by atoms with Gasteiger partial charge in [-0.05, 0) is 29.3 Å². The summed E-state index contributed by atoms with van der Waals surface area (Å²) in [7, 11) is -1.73. The fourth-order valence-corrected chi connectivity index (χ4v) is 4.42. The number of hydrogen-bond donors (Lipinski definition) is 1. The molecule has 0 radical (unpaired) electrons. The van der Waals surface area contributed by atoms with Crippen LogP contribution in [0.3, 0.4) is 0 Å². The summed E-state index contributed by atoms with van der Waals surface area (Å²) >= 11 is 0. The first kappa shape index (κ1) is 20.3. The monoisotopic (exact) mass is 383 g/mol. The van der Waals surface area contributed by atoms with E-state index in [1.807, 2.05) is 60.7 Å². The maximum atomic E-state index is 11.8. The third kappa shape index (κ3) is 4.19. The van der Waals surface area contributed by atoms with Crippen LogP contribution < -0.4 is 0 Å². The van der Waals surface area contributed by atoms with Crippen LogP contribution in [0.5, 0.6) is 0 Å². The number of rotatable bonds is 7. The molecule has 0 spiro atoms. The Morgan fingerprint density at radius 1 is 0.963 bits per heavy atom. The summed E-state index contributed by atoms with van der Waals surface area (Å²) in [6.07, 6.45) is 0. The van der Waals surface area contributed by atoms with Crippen LogP contribution in [0.1, 0.15) is 31.9 Å². The Morgan fingerprint density at radius 3 is 1.89 bits per heavy atom. The first-order chi connectivity index (χ1) is 12.7. The lowest BCUT2D eigenvalue weighted by molar-refractivity contribution is 0.0628. The average Bonchev–Trinajstić information content (AvgIpc) is 3.41. The van der Waals surface area contributed by atoms with Crippen molar-refractivity contribution >= 4 is 8.32 Å². The van der Waals surface area contributed by atoms with Crippen molar-refractivity contribution in [1.82, 2.24) is 4.90 Å². The molecule has 1 N–H and O–H groups in total. The van der Waals surface area contributed by atoms with Gasteiger partial charge in [0.1, 0.15) is 5.60 Å². The van der Waals surface area contributed by atoms with Crippen LogP contribution in [0.25, 0.3) is 0 Å². The Bertz CT molecular complexity index is 700. The SMILES string of the molecule is CC(C)(C)[Si](C)(C)OCCN1C[C@H]1C(O)(c1ccccc1)c1ccccc1. The number of nitrogens with zero attached hydrogens (tertiary/aromatic N) is 1. The zero-order valence-electron chi connectivity index (χ0n) is 17.3. The van der Waals surface area contributed by atoms with Crippen molar-refractivity contribution in [2.24, 2.45) is 0 Å². The molecule has 1 saturated heterocycles. The van der Waals surface area contributed by atoms with E-state index in [9.17, 15) is 5.11 Å². The van der Waals surface area contributed by atoms with E-state index >= 15 is 0 Å². The second kappa shape index (κ2) is 7.51. The summed E-state index contributed by atoms with van der Waals surface area (Å²) in [5.74, 6) is 0. The molecular weight excluding hydrogens is 350 g/mol. The van der Waals surface area contributed by atoms with Gasteiger partial charge in [-0.25, -0.2) is 0 Å². The quantitative estimate of drug-likeness (QED) is 0.559. The molecule has 0 amide bonds. The molecule has 3 nitrogen and oxygen atoms in total. The predicted octanol–water partition coefficient (Wildman–Crippen LogP) is 4.63. The van der Waals surface area contributed by atoms with Crippen LogP contribution in [-0.2, 0) is 10.0 Å². The van der Waals surface area contributed by atoms with Gasteiger partial charge in [0, 0.05) is 19.7 Å². The van der Waals surface area contributed by atoms with Crippen molar-refractivity contribution in [1.29, 1.82) is 0 Å². The summed E-state index contributed by atoms with van der Waals surface area (Å²) < 4.78 is 6.33. The third-order valence-electron chi connectivity index (χ3n) is 6.27. The van der Waals surface area contributed by atoms with Crippen molar-refractivity contribution in [3.63, 3.8) is 0 Å². The Kier molecular flexibility index (Phi) is 5.64. The molecular formula is C23H33NO2Si. The van der Waals surface area contributed by atoms with Gasteiger partial charge in [-0.1, -0.05) is 81.4 Å². The van der Waals surface area contributed by atoms with E-state index in [0.717, 1.165) is 30.8 Å². The van der Waals surface area contributed by atoms with E-state index in [1.165, 1.54) is 0 Å². The van der Waals surface area contributed by atoms with Crippen LogP contribution in [0.2, 0.25) is 18.1 Å². The van der Waals surface area contributed by atoms with E-state index in [1.54, 1.807) is 0 Å². The van der Waals surface area contributed by atoms with Crippen molar-refractivity contribution in [2.45, 2.75) is 50.5 Å². The molecule has 1 aliphatic rings. The molecule has 0 aromatic heterocycles. The molecule has 1 fully saturated rings. The van der Waals surface area contributed by atoms with Gasteiger partial charge < -0.3 is 9.53 Å². The van der Waals surface area contributed by atoms with E-state index in [4.69, 9.17) is 4.43 Å². The van der Waals surface area contributed by atoms with Crippen LogP contribution >= 0.6 is 0 Å². The van der Waals surface area contributed by atoms with Gasteiger partial charge in [0.05, 0.1) is 6.04 Å². The molecule has 0 aliphatic carbocycles. The highest BCUT2D eigenvalue weighted by Gasteiger charge is 2.52.